The minimum atomic E-state index is 0.562. The second kappa shape index (κ2) is 6.99. The van der Waals surface area contributed by atoms with E-state index in [1.165, 1.54) is 5.56 Å². The van der Waals surface area contributed by atoms with E-state index in [9.17, 15) is 0 Å². The van der Waals surface area contributed by atoms with Crippen molar-refractivity contribution >= 4 is 0 Å². The third-order valence-corrected chi connectivity index (χ3v) is 3.26. The molecule has 2 rings (SSSR count). The molecule has 0 aliphatic rings. The standard InChI is InChI=1S/C18H21O2/c1-4-8-16-11-17(12-18(19-3)14(16)2)20-13-15-9-6-5-7-10-15/h5-7,9-12H,2,4,8,13H2,1,3H3. The summed E-state index contributed by atoms with van der Waals surface area (Å²) in [4.78, 5) is 0. The van der Waals surface area contributed by atoms with Crippen molar-refractivity contribution in [2.45, 2.75) is 26.4 Å². The molecule has 0 saturated heterocycles. The van der Waals surface area contributed by atoms with Crippen LogP contribution in [0.4, 0.5) is 0 Å². The van der Waals surface area contributed by atoms with Crippen LogP contribution in [0.5, 0.6) is 11.5 Å². The zero-order valence-corrected chi connectivity index (χ0v) is 12.2. The summed E-state index contributed by atoms with van der Waals surface area (Å²) in [7, 11) is 1.67. The van der Waals surface area contributed by atoms with Gasteiger partial charge in [-0.3, -0.25) is 0 Å². The summed E-state index contributed by atoms with van der Waals surface area (Å²) >= 11 is 0. The van der Waals surface area contributed by atoms with E-state index >= 15 is 0 Å². The third-order valence-electron chi connectivity index (χ3n) is 3.26. The highest BCUT2D eigenvalue weighted by atomic mass is 16.5. The average molecular weight is 269 g/mol. The maximum Gasteiger partial charge on any atom is 0.126 e. The molecule has 0 unspecified atom stereocenters. The average Bonchev–Trinajstić information content (AvgIpc) is 2.49. The van der Waals surface area contributed by atoms with E-state index in [1.54, 1.807) is 7.11 Å². The fraction of sp³-hybridized carbons (Fsp3) is 0.278. The van der Waals surface area contributed by atoms with Crippen molar-refractivity contribution in [3.63, 3.8) is 0 Å². The van der Waals surface area contributed by atoms with Gasteiger partial charge in [0, 0.05) is 6.07 Å². The molecule has 0 saturated carbocycles. The summed E-state index contributed by atoms with van der Waals surface area (Å²) in [5, 5.41) is 0. The molecule has 0 aromatic heterocycles. The lowest BCUT2D eigenvalue weighted by molar-refractivity contribution is 0.303. The Morgan fingerprint density at radius 1 is 1.10 bits per heavy atom. The summed E-state index contributed by atoms with van der Waals surface area (Å²) in [6.45, 7) is 6.81. The molecule has 1 radical (unpaired) electrons. The lowest BCUT2D eigenvalue weighted by Crippen LogP contribution is -1.99. The normalized spacial score (nSPS) is 10.3. The summed E-state index contributed by atoms with van der Waals surface area (Å²) in [5.41, 5.74) is 3.30. The molecule has 0 fully saturated rings. The monoisotopic (exact) mass is 269 g/mol. The summed E-state index contributed by atoms with van der Waals surface area (Å²) in [5.74, 6) is 1.63. The fourth-order valence-electron chi connectivity index (χ4n) is 2.17. The molecule has 0 heterocycles. The first-order chi connectivity index (χ1) is 9.74. The Bertz CT molecular complexity index is 547. The molecule has 0 aliphatic carbocycles. The Hall–Kier alpha value is -1.96. The van der Waals surface area contributed by atoms with Crippen LogP contribution in [0.25, 0.3) is 0 Å². The van der Waals surface area contributed by atoms with E-state index in [4.69, 9.17) is 9.47 Å². The van der Waals surface area contributed by atoms with Crippen LogP contribution in [0.15, 0.2) is 42.5 Å². The zero-order valence-electron chi connectivity index (χ0n) is 12.2. The minimum Gasteiger partial charge on any atom is -0.496 e. The quantitative estimate of drug-likeness (QED) is 0.773. The van der Waals surface area contributed by atoms with Gasteiger partial charge in [0.05, 0.1) is 7.11 Å². The summed E-state index contributed by atoms with van der Waals surface area (Å²) < 4.78 is 11.3. The molecule has 2 heteroatoms. The smallest absolute Gasteiger partial charge is 0.126 e. The topological polar surface area (TPSA) is 18.5 Å². The Labute approximate surface area is 121 Å². The molecular formula is C18H21O2. The zero-order chi connectivity index (χ0) is 14.4. The van der Waals surface area contributed by atoms with Crippen LogP contribution in [-0.2, 0) is 13.0 Å². The van der Waals surface area contributed by atoms with Crippen molar-refractivity contribution in [1.82, 2.24) is 0 Å². The van der Waals surface area contributed by atoms with E-state index in [1.807, 2.05) is 24.3 Å². The number of hydrogen-bond acceptors (Lipinski definition) is 2. The van der Waals surface area contributed by atoms with Crippen LogP contribution in [0.2, 0.25) is 0 Å². The highest BCUT2D eigenvalue weighted by Crippen LogP contribution is 2.29. The van der Waals surface area contributed by atoms with Crippen molar-refractivity contribution in [2.24, 2.45) is 0 Å². The van der Waals surface area contributed by atoms with Gasteiger partial charge in [-0.05, 0) is 36.1 Å². The van der Waals surface area contributed by atoms with Crippen LogP contribution in [0.3, 0.4) is 0 Å². The van der Waals surface area contributed by atoms with Crippen LogP contribution in [-0.4, -0.2) is 7.11 Å². The largest absolute Gasteiger partial charge is 0.496 e. The first-order valence-electron chi connectivity index (χ1n) is 6.94. The van der Waals surface area contributed by atoms with Crippen molar-refractivity contribution in [2.75, 3.05) is 7.11 Å². The predicted molar refractivity (Wildman–Crippen MR) is 82.2 cm³/mol. The van der Waals surface area contributed by atoms with Crippen molar-refractivity contribution in [3.8, 4) is 11.5 Å². The molecule has 2 aromatic carbocycles. The summed E-state index contributed by atoms with van der Waals surface area (Å²) in [6.07, 6.45) is 2.06. The molecule has 0 spiro atoms. The third kappa shape index (κ3) is 3.53. The molecule has 2 aromatic rings. The highest BCUT2D eigenvalue weighted by molar-refractivity contribution is 5.48. The van der Waals surface area contributed by atoms with Gasteiger partial charge >= 0.3 is 0 Å². The second-order valence-corrected chi connectivity index (χ2v) is 4.79. The van der Waals surface area contributed by atoms with E-state index in [2.05, 4.69) is 32.0 Å². The van der Waals surface area contributed by atoms with Gasteiger partial charge in [-0.2, -0.15) is 0 Å². The number of benzene rings is 2. The number of aryl methyl sites for hydroxylation is 1. The van der Waals surface area contributed by atoms with Crippen molar-refractivity contribution < 1.29 is 9.47 Å². The van der Waals surface area contributed by atoms with Gasteiger partial charge in [0.15, 0.2) is 0 Å². The SMILES string of the molecule is [CH2]c1c(CCC)cc(OCc2ccccc2)cc1OC. The molecule has 0 bridgehead atoms. The number of hydrogen-bond donors (Lipinski definition) is 0. The number of ether oxygens (including phenoxy) is 2. The van der Waals surface area contributed by atoms with Gasteiger partial charge in [-0.15, -0.1) is 0 Å². The molecule has 0 atom stereocenters. The molecule has 0 amide bonds. The van der Waals surface area contributed by atoms with E-state index < -0.39 is 0 Å². The van der Waals surface area contributed by atoms with E-state index in [-0.39, 0.29) is 0 Å². The maximum absolute atomic E-state index is 5.87. The van der Waals surface area contributed by atoms with Gasteiger partial charge in [-0.25, -0.2) is 0 Å². The number of rotatable bonds is 6. The predicted octanol–water partition coefficient (Wildman–Crippen LogP) is 4.41. The molecule has 2 nitrogen and oxygen atoms in total. The molecule has 20 heavy (non-hydrogen) atoms. The second-order valence-electron chi connectivity index (χ2n) is 4.79. The number of methoxy groups -OCH3 is 1. The summed E-state index contributed by atoms with van der Waals surface area (Å²) in [6, 6.07) is 14.1. The minimum absolute atomic E-state index is 0.562. The van der Waals surface area contributed by atoms with Gasteiger partial charge < -0.3 is 9.47 Å². The van der Waals surface area contributed by atoms with Gasteiger partial charge in [0.2, 0.25) is 0 Å². The van der Waals surface area contributed by atoms with Crippen LogP contribution >= 0.6 is 0 Å². The van der Waals surface area contributed by atoms with Gasteiger partial charge in [0.1, 0.15) is 18.1 Å². The molecule has 0 aliphatic heterocycles. The first kappa shape index (κ1) is 14.4. The first-order valence-corrected chi connectivity index (χ1v) is 6.94. The highest BCUT2D eigenvalue weighted by Gasteiger charge is 2.08. The van der Waals surface area contributed by atoms with E-state index in [0.29, 0.717) is 6.61 Å². The Morgan fingerprint density at radius 2 is 1.85 bits per heavy atom. The van der Waals surface area contributed by atoms with Crippen LogP contribution < -0.4 is 9.47 Å². The molecule has 105 valence electrons. The Kier molecular flexibility index (Phi) is 5.05. The van der Waals surface area contributed by atoms with Gasteiger partial charge in [0.25, 0.3) is 0 Å². The van der Waals surface area contributed by atoms with Crippen molar-refractivity contribution in [3.05, 3.63) is 66.1 Å². The molecule has 0 N–H and O–H groups in total. The fourth-order valence-corrected chi connectivity index (χ4v) is 2.17. The van der Waals surface area contributed by atoms with Gasteiger partial charge in [-0.1, -0.05) is 43.7 Å². The van der Waals surface area contributed by atoms with Crippen molar-refractivity contribution in [1.29, 1.82) is 0 Å². The van der Waals surface area contributed by atoms with E-state index in [0.717, 1.165) is 35.5 Å². The Morgan fingerprint density at radius 3 is 2.50 bits per heavy atom. The van der Waals surface area contributed by atoms with Crippen LogP contribution in [0.1, 0.15) is 30.0 Å². The lowest BCUT2D eigenvalue weighted by Gasteiger charge is -2.14. The lowest BCUT2D eigenvalue weighted by atomic mass is 10.0. The van der Waals surface area contributed by atoms with Crippen LogP contribution in [0, 0.1) is 6.92 Å². The molecular weight excluding hydrogens is 248 g/mol. The maximum atomic E-state index is 5.87. The Balaban J connectivity index is 2.16.